The van der Waals surface area contributed by atoms with Crippen LogP contribution < -0.4 is 5.73 Å². The molecule has 0 bridgehead atoms. The number of nitrogens with one attached hydrogen (secondary N) is 1. The summed E-state index contributed by atoms with van der Waals surface area (Å²) in [7, 11) is 1.35. The van der Waals surface area contributed by atoms with Crippen LogP contribution in [0.25, 0.3) is 0 Å². The predicted molar refractivity (Wildman–Crippen MR) is 70.1 cm³/mol. The Morgan fingerprint density at radius 1 is 1.53 bits per heavy atom. The van der Waals surface area contributed by atoms with E-state index < -0.39 is 0 Å². The summed E-state index contributed by atoms with van der Waals surface area (Å²) < 4.78 is 4.59. The lowest BCUT2D eigenvalue weighted by Gasteiger charge is -2.05. The Hall–Kier alpha value is -2.37. The first-order chi connectivity index (χ1) is 9.10. The van der Waals surface area contributed by atoms with Gasteiger partial charge in [0.05, 0.1) is 19.2 Å². The van der Waals surface area contributed by atoms with Crippen LogP contribution in [-0.2, 0) is 14.4 Å². The molecule has 1 aliphatic heterocycles. The van der Waals surface area contributed by atoms with Gasteiger partial charge in [0.1, 0.15) is 11.9 Å². The fourth-order valence-corrected chi connectivity index (χ4v) is 1.82. The van der Waals surface area contributed by atoms with Crippen molar-refractivity contribution in [2.45, 2.75) is 18.9 Å². The van der Waals surface area contributed by atoms with E-state index in [0.29, 0.717) is 12.0 Å². The van der Waals surface area contributed by atoms with E-state index in [4.69, 9.17) is 16.0 Å². The molecule has 1 atom stereocenters. The fraction of sp³-hybridized carbons (Fsp3) is 0.308. The minimum atomic E-state index is -0.312. The Bertz CT molecular complexity index is 522. The highest BCUT2D eigenvalue weighted by Crippen LogP contribution is 2.19. The highest BCUT2D eigenvalue weighted by molar-refractivity contribution is 6.02. The first-order valence-electron chi connectivity index (χ1n) is 5.84. The van der Waals surface area contributed by atoms with Crippen LogP contribution in [0.5, 0.6) is 0 Å². The van der Waals surface area contributed by atoms with Crippen LogP contribution in [0.4, 0.5) is 0 Å². The normalized spacial score (nSPS) is 17.5. The summed E-state index contributed by atoms with van der Waals surface area (Å²) in [4.78, 5) is 16.3. The molecule has 0 saturated carbocycles. The van der Waals surface area contributed by atoms with Crippen molar-refractivity contribution in [3.8, 4) is 0 Å². The zero-order chi connectivity index (χ0) is 13.8. The second-order valence-corrected chi connectivity index (χ2v) is 4.24. The zero-order valence-corrected chi connectivity index (χ0v) is 10.6. The number of ether oxygens (including phenoxy) is 1. The summed E-state index contributed by atoms with van der Waals surface area (Å²) in [6.45, 7) is 0. The molecule has 0 fully saturated rings. The van der Waals surface area contributed by atoms with Crippen molar-refractivity contribution in [1.82, 2.24) is 0 Å². The Balaban J connectivity index is 2.00. The topological polar surface area (TPSA) is 97.8 Å². The average Bonchev–Trinajstić information content (AvgIpc) is 2.87. The molecule has 1 heterocycles. The molecule has 1 unspecified atom stereocenters. The van der Waals surface area contributed by atoms with E-state index in [2.05, 4.69) is 9.89 Å². The molecule has 0 spiro atoms. The molecule has 0 radical (unpaired) electrons. The van der Waals surface area contributed by atoms with Crippen LogP contribution in [0.3, 0.4) is 0 Å². The lowest BCUT2D eigenvalue weighted by Crippen LogP contribution is -2.15. The molecule has 1 aliphatic rings. The van der Waals surface area contributed by atoms with E-state index in [0.717, 1.165) is 11.3 Å². The van der Waals surface area contributed by atoms with Crippen molar-refractivity contribution >= 4 is 17.5 Å². The number of rotatable bonds is 4. The number of nitrogens with two attached hydrogens (primary N) is 1. The molecule has 0 amide bonds. The molecule has 100 valence electrons. The number of amidine groups is 1. The minimum absolute atomic E-state index is 0.0275. The number of esters is 1. The molecule has 1 aromatic rings. The molecule has 6 nitrogen and oxygen atoms in total. The SMILES string of the molecule is COC(=O)CC1CC(c2ccc(C(=N)N)cc2)=NO1. The highest BCUT2D eigenvalue weighted by atomic mass is 16.6. The maximum absolute atomic E-state index is 11.1. The summed E-state index contributed by atoms with van der Waals surface area (Å²) in [6.07, 6.45) is 0.485. The fourth-order valence-electron chi connectivity index (χ4n) is 1.82. The van der Waals surface area contributed by atoms with Gasteiger partial charge < -0.3 is 15.3 Å². The van der Waals surface area contributed by atoms with Gasteiger partial charge in [-0.15, -0.1) is 0 Å². The Kier molecular flexibility index (Phi) is 3.79. The van der Waals surface area contributed by atoms with Gasteiger partial charge in [-0.1, -0.05) is 29.4 Å². The van der Waals surface area contributed by atoms with E-state index >= 15 is 0 Å². The largest absolute Gasteiger partial charge is 0.469 e. The van der Waals surface area contributed by atoms with Gasteiger partial charge in [0.2, 0.25) is 0 Å². The number of carbonyl (C=O) groups excluding carboxylic acids is 1. The van der Waals surface area contributed by atoms with E-state index in [9.17, 15) is 4.79 Å². The van der Waals surface area contributed by atoms with E-state index in [1.165, 1.54) is 7.11 Å². The summed E-state index contributed by atoms with van der Waals surface area (Å²) in [5, 5.41) is 11.3. The number of nitrogens with zero attached hydrogens (tertiary/aromatic N) is 1. The Morgan fingerprint density at radius 2 is 2.21 bits per heavy atom. The molecular weight excluding hydrogens is 246 g/mol. The number of hydrogen-bond donors (Lipinski definition) is 2. The lowest BCUT2D eigenvalue weighted by molar-refractivity contribution is -0.143. The molecular formula is C13H15N3O3. The number of methoxy groups -OCH3 is 1. The first kappa shape index (κ1) is 13.1. The van der Waals surface area contributed by atoms with Gasteiger partial charge in [0.25, 0.3) is 0 Å². The van der Waals surface area contributed by atoms with Crippen LogP contribution in [0.2, 0.25) is 0 Å². The zero-order valence-electron chi connectivity index (χ0n) is 10.6. The van der Waals surface area contributed by atoms with Gasteiger partial charge in [-0.25, -0.2) is 0 Å². The van der Waals surface area contributed by atoms with E-state index in [1.807, 2.05) is 12.1 Å². The van der Waals surface area contributed by atoms with Gasteiger partial charge in [0.15, 0.2) is 0 Å². The van der Waals surface area contributed by atoms with Gasteiger partial charge in [0, 0.05) is 12.0 Å². The number of oxime groups is 1. The summed E-state index contributed by atoms with van der Waals surface area (Å²) in [5.74, 6) is -0.284. The quantitative estimate of drug-likeness (QED) is 0.480. The predicted octanol–water partition coefficient (Wildman–Crippen LogP) is 1.03. The molecule has 3 N–H and O–H groups in total. The second kappa shape index (κ2) is 5.51. The summed E-state index contributed by atoms with van der Waals surface area (Å²) >= 11 is 0. The van der Waals surface area contributed by atoms with Crippen molar-refractivity contribution in [3.63, 3.8) is 0 Å². The van der Waals surface area contributed by atoms with Crippen LogP contribution >= 0.6 is 0 Å². The van der Waals surface area contributed by atoms with Gasteiger partial charge in [-0.05, 0) is 5.56 Å². The highest BCUT2D eigenvalue weighted by Gasteiger charge is 2.25. The average molecular weight is 261 g/mol. The maximum atomic E-state index is 11.1. The van der Waals surface area contributed by atoms with Gasteiger partial charge in [-0.3, -0.25) is 10.2 Å². The maximum Gasteiger partial charge on any atom is 0.309 e. The Morgan fingerprint density at radius 3 is 2.79 bits per heavy atom. The first-order valence-corrected chi connectivity index (χ1v) is 5.84. The molecule has 0 aliphatic carbocycles. The van der Waals surface area contributed by atoms with E-state index in [1.54, 1.807) is 12.1 Å². The van der Waals surface area contributed by atoms with Crippen molar-refractivity contribution in [3.05, 3.63) is 35.4 Å². The molecule has 2 rings (SSSR count). The summed E-state index contributed by atoms with van der Waals surface area (Å²) in [5.41, 5.74) is 7.73. The lowest BCUT2D eigenvalue weighted by atomic mass is 10.0. The van der Waals surface area contributed by atoms with Crippen molar-refractivity contribution < 1.29 is 14.4 Å². The van der Waals surface area contributed by atoms with E-state index in [-0.39, 0.29) is 24.3 Å². The van der Waals surface area contributed by atoms with Crippen molar-refractivity contribution in [2.75, 3.05) is 7.11 Å². The molecule has 0 saturated heterocycles. The molecule has 6 heteroatoms. The van der Waals surface area contributed by atoms with Crippen LogP contribution in [0, 0.1) is 5.41 Å². The van der Waals surface area contributed by atoms with Crippen LogP contribution in [-0.4, -0.2) is 30.7 Å². The monoisotopic (exact) mass is 261 g/mol. The third-order valence-electron chi connectivity index (χ3n) is 2.88. The third-order valence-corrected chi connectivity index (χ3v) is 2.88. The Labute approximate surface area is 110 Å². The second-order valence-electron chi connectivity index (χ2n) is 4.24. The molecule has 19 heavy (non-hydrogen) atoms. The number of carbonyl (C=O) groups is 1. The minimum Gasteiger partial charge on any atom is -0.469 e. The number of benzene rings is 1. The van der Waals surface area contributed by atoms with Crippen molar-refractivity contribution in [2.24, 2.45) is 10.9 Å². The third kappa shape index (κ3) is 3.09. The number of nitrogen functional groups attached to an aromatic ring is 1. The van der Waals surface area contributed by atoms with Gasteiger partial charge >= 0.3 is 5.97 Å². The molecule has 1 aromatic carbocycles. The van der Waals surface area contributed by atoms with Gasteiger partial charge in [-0.2, -0.15) is 0 Å². The summed E-state index contributed by atoms with van der Waals surface area (Å²) in [6, 6.07) is 7.18. The van der Waals surface area contributed by atoms with Crippen LogP contribution in [0.1, 0.15) is 24.0 Å². The number of hydrogen-bond acceptors (Lipinski definition) is 5. The smallest absolute Gasteiger partial charge is 0.309 e. The molecule has 0 aromatic heterocycles. The van der Waals surface area contributed by atoms with Crippen molar-refractivity contribution in [1.29, 1.82) is 5.41 Å². The van der Waals surface area contributed by atoms with Crippen LogP contribution in [0.15, 0.2) is 29.4 Å². The standard InChI is InChI=1S/C13H15N3O3/c1-18-12(17)7-10-6-11(16-19-10)8-2-4-9(5-3-8)13(14)15/h2-5,10H,6-7H2,1H3,(H3,14,15).